The van der Waals surface area contributed by atoms with Gasteiger partial charge in [0.1, 0.15) is 17.6 Å². The predicted octanol–water partition coefficient (Wildman–Crippen LogP) is 3.90. The molecule has 8 heteroatoms. The molecule has 0 radical (unpaired) electrons. The molecule has 7 nitrogen and oxygen atoms in total. The lowest BCUT2D eigenvalue weighted by Gasteiger charge is -2.24. The van der Waals surface area contributed by atoms with Crippen molar-refractivity contribution in [2.75, 3.05) is 20.8 Å². The Kier molecular flexibility index (Phi) is 6.58. The lowest BCUT2D eigenvalue weighted by Crippen LogP contribution is -2.32. The molecule has 4 rings (SSSR count). The molecule has 0 aliphatic carbocycles. The number of amides is 1. The molecule has 1 unspecified atom stereocenters. The summed E-state index contributed by atoms with van der Waals surface area (Å²) >= 11 is 0. The van der Waals surface area contributed by atoms with Crippen molar-refractivity contribution in [2.24, 2.45) is 0 Å². The average molecular weight is 462 g/mol. The maximum Gasteiger partial charge on any atom is 0.295 e. The number of pyridine rings is 1. The van der Waals surface area contributed by atoms with Crippen molar-refractivity contribution >= 4 is 17.4 Å². The minimum Gasteiger partial charge on any atom is -0.507 e. The zero-order valence-electron chi connectivity index (χ0n) is 18.7. The first-order chi connectivity index (χ1) is 16.4. The minimum absolute atomic E-state index is 0.0602. The number of rotatable bonds is 7. The van der Waals surface area contributed by atoms with E-state index in [0.717, 1.165) is 5.56 Å². The Balaban J connectivity index is 1.77. The number of aliphatic hydroxyl groups is 1. The smallest absolute Gasteiger partial charge is 0.295 e. The Morgan fingerprint density at radius 3 is 2.41 bits per heavy atom. The molecule has 1 aromatic heterocycles. The number of methoxy groups -OCH3 is 2. The van der Waals surface area contributed by atoms with Crippen molar-refractivity contribution < 1.29 is 28.6 Å². The number of ketones is 1. The summed E-state index contributed by atoms with van der Waals surface area (Å²) in [6.07, 6.45) is 1.96. The molecular formula is C26H23FN2O5. The SMILES string of the molecule is COc1ccc(/C(O)=C2/C(=O)C(=O)N(CCc3ccc(F)cc3)C2c2ccccn2)cc1OC. The number of aromatic nitrogens is 1. The van der Waals surface area contributed by atoms with Gasteiger partial charge in [-0.3, -0.25) is 14.6 Å². The molecule has 1 amide bonds. The summed E-state index contributed by atoms with van der Waals surface area (Å²) in [7, 11) is 2.95. The van der Waals surface area contributed by atoms with Gasteiger partial charge < -0.3 is 19.5 Å². The maximum absolute atomic E-state index is 13.3. The van der Waals surface area contributed by atoms with E-state index in [9.17, 15) is 19.1 Å². The third-order valence-corrected chi connectivity index (χ3v) is 5.72. The molecule has 0 spiro atoms. The minimum atomic E-state index is -0.880. The van der Waals surface area contributed by atoms with Crippen molar-refractivity contribution in [2.45, 2.75) is 12.5 Å². The fourth-order valence-corrected chi connectivity index (χ4v) is 4.00. The highest BCUT2D eigenvalue weighted by molar-refractivity contribution is 6.46. The second-order valence-electron chi connectivity index (χ2n) is 7.69. The predicted molar refractivity (Wildman–Crippen MR) is 123 cm³/mol. The van der Waals surface area contributed by atoms with E-state index in [2.05, 4.69) is 4.98 Å². The summed E-state index contributed by atoms with van der Waals surface area (Å²) in [5, 5.41) is 11.2. The number of hydrogen-bond acceptors (Lipinski definition) is 6. The summed E-state index contributed by atoms with van der Waals surface area (Å²) < 4.78 is 23.8. The van der Waals surface area contributed by atoms with Crippen LogP contribution in [-0.4, -0.2) is 47.4 Å². The van der Waals surface area contributed by atoms with Gasteiger partial charge >= 0.3 is 0 Å². The molecule has 0 bridgehead atoms. The van der Waals surface area contributed by atoms with Gasteiger partial charge in [0.2, 0.25) is 0 Å². The van der Waals surface area contributed by atoms with Crippen LogP contribution in [0.1, 0.15) is 22.9 Å². The van der Waals surface area contributed by atoms with Crippen molar-refractivity contribution in [3.63, 3.8) is 0 Å². The molecule has 2 heterocycles. The molecule has 1 fully saturated rings. The van der Waals surface area contributed by atoms with Gasteiger partial charge in [-0.05, 0) is 54.4 Å². The molecule has 1 atom stereocenters. The molecule has 34 heavy (non-hydrogen) atoms. The second-order valence-corrected chi connectivity index (χ2v) is 7.69. The topological polar surface area (TPSA) is 89.0 Å². The Morgan fingerprint density at radius 2 is 1.76 bits per heavy atom. The van der Waals surface area contributed by atoms with Crippen LogP contribution in [0.5, 0.6) is 11.5 Å². The van der Waals surface area contributed by atoms with Gasteiger partial charge in [-0.25, -0.2) is 4.39 Å². The second kappa shape index (κ2) is 9.74. The van der Waals surface area contributed by atoms with Crippen LogP contribution in [0.2, 0.25) is 0 Å². The highest BCUT2D eigenvalue weighted by atomic mass is 19.1. The molecule has 1 N–H and O–H groups in total. The van der Waals surface area contributed by atoms with Crippen LogP contribution in [0, 0.1) is 5.82 Å². The molecule has 3 aromatic rings. The zero-order valence-corrected chi connectivity index (χ0v) is 18.7. The van der Waals surface area contributed by atoms with Crippen LogP contribution in [0.15, 0.2) is 72.4 Å². The van der Waals surface area contributed by atoms with E-state index in [1.807, 2.05) is 0 Å². The van der Waals surface area contributed by atoms with Crippen molar-refractivity contribution in [1.82, 2.24) is 9.88 Å². The van der Waals surface area contributed by atoms with Gasteiger partial charge in [-0.2, -0.15) is 0 Å². The summed E-state index contributed by atoms with van der Waals surface area (Å²) in [6, 6.07) is 15.0. The van der Waals surface area contributed by atoms with Crippen molar-refractivity contribution in [3.8, 4) is 11.5 Å². The molecule has 174 valence electrons. The van der Waals surface area contributed by atoms with Gasteiger partial charge in [0, 0.05) is 18.3 Å². The first kappa shape index (κ1) is 23.0. The number of nitrogens with zero attached hydrogens (tertiary/aromatic N) is 2. The largest absolute Gasteiger partial charge is 0.507 e. The average Bonchev–Trinajstić information content (AvgIpc) is 3.13. The first-order valence-electron chi connectivity index (χ1n) is 10.6. The number of carbonyl (C=O) groups is 2. The summed E-state index contributed by atoms with van der Waals surface area (Å²) in [5.41, 5.74) is 1.50. The number of Topliss-reactive ketones (excluding diaryl/α,β-unsaturated/α-hetero) is 1. The van der Waals surface area contributed by atoms with E-state index in [0.29, 0.717) is 29.2 Å². The monoisotopic (exact) mass is 462 g/mol. The van der Waals surface area contributed by atoms with Gasteiger partial charge in [0.25, 0.3) is 11.7 Å². The number of hydrogen-bond donors (Lipinski definition) is 1. The van der Waals surface area contributed by atoms with Crippen LogP contribution < -0.4 is 9.47 Å². The van der Waals surface area contributed by atoms with Gasteiger partial charge in [-0.1, -0.05) is 18.2 Å². The quantitative estimate of drug-likeness (QED) is 0.326. The Labute approximate surface area is 196 Å². The number of benzene rings is 2. The fourth-order valence-electron chi connectivity index (χ4n) is 4.00. The van der Waals surface area contributed by atoms with E-state index < -0.39 is 17.7 Å². The Morgan fingerprint density at radius 1 is 1.03 bits per heavy atom. The Hall–Kier alpha value is -4.20. The summed E-state index contributed by atoms with van der Waals surface area (Å²) in [4.78, 5) is 31.9. The van der Waals surface area contributed by atoms with E-state index in [1.165, 1.54) is 37.3 Å². The standard InChI is InChI=1S/C26H23FN2O5/c1-33-20-11-8-17(15-21(20)34-2)24(30)22-23(19-5-3-4-13-28-19)29(26(32)25(22)31)14-12-16-6-9-18(27)10-7-16/h3-11,13,15,23,30H,12,14H2,1-2H3/b24-22-. The van der Waals surface area contributed by atoms with Crippen LogP contribution in [0.4, 0.5) is 4.39 Å². The van der Waals surface area contributed by atoms with Crippen LogP contribution in [-0.2, 0) is 16.0 Å². The molecular weight excluding hydrogens is 439 g/mol. The zero-order chi connectivity index (χ0) is 24.2. The maximum atomic E-state index is 13.3. The normalized spacial score (nSPS) is 17.1. The number of carbonyl (C=O) groups excluding carboxylic acids is 2. The van der Waals surface area contributed by atoms with Crippen LogP contribution >= 0.6 is 0 Å². The molecule has 1 saturated heterocycles. The number of likely N-dealkylation sites (tertiary alicyclic amines) is 1. The lowest BCUT2D eigenvalue weighted by atomic mass is 9.98. The third kappa shape index (κ3) is 4.34. The van der Waals surface area contributed by atoms with Crippen molar-refractivity contribution in [3.05, 3.63) is 95.1 Å². The number of halogens is 1. The van der Waals surface area contributed by atoms with Crippen molar-refractivity contribution in [1.29, 1.82) is 0 Å². The highest BCUT2D eigenvalue weighted by Gasteiger charge is 2.46. The molecule has 2 aromatic carbocycles. The summed E-state index contributed by atoms with van der Waals surface area (Å²) in [5.74, 6) is -1.40. The fraction of sp³-hybridized carbons (Fsp3) is 0.192. The number of ether oxygens (including phenoxy) is 2. The van der Waals surface area contributed by atoms with E-state index in [-0.39, 0.29) is 23.7 Å². The van der Waals surface area contributed by atoms with Crippen LogP contribution in [0.3, 0.4) is 0 Å². The van der Waals surface area contributed by atoms with Crippen LogP contribution in [0.25, 0.3) is 5.76 Å². The molecule has 0 saturated carbocycles. The lowest BCUT2D eigenvalue weighted by molar-refractivity contribution is -0.139. The third-order valence-electron chi connectivity index (χ3n) is 5.72. The molecule has 1 aliphatic heterocycles. The summed E-state index contributed by atoms with van der Waals surface area (Å²) in [6.45, 7) is 0.181. The van der Waals surface area contributed by atoms with Gasteiger partial charge in [-0.15, -0.1) is 0 Å². The van der Waals surface area contributed by atoms with E-state index in [4.69, 9.17) is 9.47 Å². The molecule has 1 aliphatic rings. The first-order valence-corrected chi connectivity index (χ1v) is 10.6. The Bertz CT molecular complexity index is 1240. The van der Waals surface area contributed by atoms with Gasteiger partial charge in [0.15, 0.2) is 11.5 Å². The van der Waals surface area contributed by atoms with E-state index >= 15 is 0 Å². The van der Waals surface area contributed by atoms with Gasteiger partial charge in [0.05, 0.1) is 25.5 Å². The highest BCUT2D eigenvalue weighted by Crippen LogP contribution is 2.40. The number of aliphatic hydroxyl groups excluding tert-OH is 1. The van der Waals surface area contributed by atoms with E-state index in [1.54, 1.807) is 48.7 Å².